The maximum atomic E-state index is 13.0. The van der Waals surface area contributed by atoms with Crippen molar-refractivity contribution < 1.29 is 31.2 Å². The molecule has 0 unspecified atom stereocenters. The fraction of sp³-hybridized carbons (Fsp3) is 0.333. The second-order valence-electron chi connectivity index (χ2n) is 6.59. The number of alkyl halides is 3. The van der Waals surface area contributed by atoms with Gasteiger partial charge in [0, 0.05) is 31.3 Å². The molecule has 0 N–H and O–H groups in total. The highest BCUT2D eigenvalue weighted by Crippen LogP contribution is 2.35. The van der Waals surface area contributed by atoms with E-state index in [-0.39, 0.29) is 45.9 Å². The van der Waals surface area contributed by atoms with Crippen LogP contribution < -0.4 is 9.80 Å². The summed E-state index contributed by atoms with van der Waals surface area (Å²) in [6, 6.07) is 3.19. The fourth-order valence-electron chi connectivity index (χ4n) is 2.89. The normalized spacial score (nSPS) is 14.1. The number of hydrogen-bond acceptors (Lipinski definition) is 6. The average Bonchev–Trinajstić information content (AvgIpc) is 3.02. The molecule has 0 saturated carbocycles. The van der Waals surface area contributed by atoms with Crippen LogP contribution in [0.2, 0.25) is 0 Å². The smallest absolute Gasteiger partial charge is 0.300 e. The summed E-state index contributed by atoms with van der Waals surface area (Å²) in [6.45, 7) is 2.49. The van der Waals surface area contributed by atoms with Crippen molar-refractivity contribution in [2.24, 2.45) is 0 Å². The van der Waals surface area contributed by atoms with E-state index in [1.54, 1.807) is 0 Å². The Kier molecular flexibility index (Phi) is 5.31. The Hall–Kier alpha value is -3.02. The van der Waals surface area contributed by atoms with E-state index in [9.17, 15) is 31.2 Å². The van der Waals surface area contributed by atoms with Gasteiger partial charge in [0.1, 0.15) is 16.4 Å². The van der Waals surface area contributed by atoms with Gasteiger partial charge in [-0.3, -0.25) is 19.5 Å². The lowest BCUT2D eigenvalue weighted by Crippen LogP contribution is -2.29. The number of carbonyl (C=O) groups excluding carboxylic acids is 2. The molecule has 8 nitrogen and oxygen atoms in total. The van der Waals surface area contributed by atoms with Crippen LogP contribution in [0.3, 0.4) is 0 Å². The molecule has 1 aliphatic heterocycles. The molecular weight excluding hydrogens is 425 g/mol. The lowest BCUT2D eigenvalue weighted by molar-refractivity contribution is -0.141. The Balaban J connectivity index is 2.15. The summed E-state index contributed by atoms with van der Waals surface area (Å²) in [6.07, 6.45) is -3.79. The van der Waals surface area contributed by atoms with Crippen molar-refractivity contribution in [3.05, 3.63) is 41.2 Å². The van der Waals surface area contributed by atoms with Crippen molar-refractivity contribution in [1.82, 2.24) is 9.97 Å². The van der Waals surface area contributed by atoms with Crippen LogP contribution in [-0.2, 0) is 27.4 Å². The SMILES string of the molecule is CCS(=O)(=O)c1ccc(N(C)C(C)=O)nc1N1Cc2cnc(C(F)(F)F)cc2C1=O. The third-order valence-electron chi connectivity index (χ3n) is 4.69. The van der Waals surface area contributed by atoms with Crippen LogP contribution in [0.15, 0.2) is 29.3 Å². The zero-order valence-electron chi connectivity index (χ0n) is 16.2. The Morgan fingerprint density at radius 1 is 1.30 bits per heavy atom. The quantitative estimate of drug-likeness (QED) is 0.721. The first-order valence-electron chi connectivity index (χ1n) is 8.73. The monoisotopic (exact) mass is 442 g/mol. The number of sulfone groups is 1. The minimum absolute atomic E-state index is 0.0883. The van der Waals surface area contributed by atoms with Crippen LogP contribution in [0, 0.1) is 0 Å². The molecule has 2 aromatic heterocycles. The second-order valence-corrected chi connectivity index (χ2v) is 8.84. The van der Waals surface area contributed by atoms with E-state index in [1.165, 1.54) is 33.0 Å². The molecule has 12 heteroatoms. The summed E-state index contributed by atoms with van der Waals surface area (Å²) in [5, 5.41) is 0. The van der Waals surface area contributed by atoms with Gasteiger partial charge in [-0.15, -0.1) is 0 Å². The Labute approximate surface area is 170 Å². The van der Waals surface area contributed by atoms with Crippen LogP contribution in [0.25, 0.3) is 0 Å². The van der Waals surface area contributed by atoms with Gasteiger partial charge in [-0.1, -0.05) is 6.92 Å². The molecule has 3 rings (SSSR count). The van der Waals surface area contributed by atoms with Gasteiger partial charge in [0.2, 0.25) is 5.91 Å². The molecule has 1 aliphatic rings. The lowest BCUT2D eigenvalue weighted by Gasteiger charge is -2.21. The highest BCUT2D eigenvalue weighted by atomic mass is 32.2. The van der Waals surface area contributed by atoms with Crippen molar-refractivity contribution in [3.63, 3.8) is 0 Å². The van der Waals surface area contributed by atoms with E-state index >= 15 is 0 Å². The van der Waals surface area contributed by atoms with Crippen molar-refractivity contribution >= 4 is 33.3 Å². The van der Waals surface area contributed by atoms with Gasteiger partial charge in [-0.2, -0.15) is 13.2 Å². The molecule has 3 heterocycles. The summed E-state index contributed by atoms with van der Waals surface area (Å²) < 4.78 is 64.0. The van der Waals surface area contributed by atoms with Gasteiger partial charge in [0.15, 0.2) is 15.7 Å². The number of hydrogen-bond donors (Lipinski definition) is 0. The number of fused-ring (bicyclic) bond motifs is 1. The van der Waals surface area contributed by atoms with Crippen LogP contribution in [-0.4, -0.2) is 43.0 Å². The summed E-state index contributed by atoms with van der Waals surface area (Å²) in [4.78, 5) is 33.9. The predicted octanol–water partition coefficient (Wildman–Crippen LogP) is 2.43. The number of amides is 2. The van der Waals surface area contributed by atoms with Crippen LogP contribution in [0.1, 0.15) is 35.5 Å². The van der Waals surface area contributed by atoms with E-state index in [2.05, 4.69) is 9.97 Å². The molecule has 0 bridgehead atoms. The topological polar surface area (TPSA) is 101 Å². The third kappa shape index (κ3) is 3.74. The molecule has 2 amide bonds. The first kappa shape index (κ1) is 21.7. The zero-order chi connectivity index (χ0) is 22.4. The molecular formula is C18H17F3N4O4S. The van der Waals surface area contributed by atoms with Gasteiger partial charge in [0.05, 0.1) is 12.3 Å². The maximum Gasteiger partial charge on any atom is 0.433 e. The molecule has 30 heavy (non-hydrogen) atoms. The molecule has 0 radical (unpaired) electrons. The van der Waals surface area contributed by atoms with Crippen LogP contribution in [0.4, 0.5) is 24.8 Å². The largest absolute Gasteiger partial charge is 0.433 e. The fourth-order valence-corrected chi connectivity index (χ4v) is 3.91. The van der Waals surface area contributed by atoms with Crippen LogP contribution in [0.5, 0.6) is 0 Å². The van der Waals surface area contributed by atoms with E-state index < -0.39 is 27.6 Å². The highest BCUT2D eigenvalue weighted by molar-refractivity contribution is 7.91. The molecule has 0 aliphatic carbocycles. The third-order valence-corrected chi connectivity index (χ3v) is 6.44. The van der Waals surface area contributed by atoms with Crippen molar-refractivity contribution in [2.45, 2.75) is 31.5 Å². The van der Waals surface area contributed by atoms with Gasteiger partial charge < -0.3 is 4.90 Å². The van der Waals surface area contributed by atoms with E-state index in [0.29, 0.717) is 6.07 Å². The molecule has 0 atom stereocenters. The number of rotatable bonds is 4. The summed E-state index contributed by atoms with van der Waals surface area (Å²) in [5.41, 5.74) is -1.25. The van der Waals surface area contributed by atoms with Crippen LogP contribution >= 0.6 is 0 Å². The molecule has 0 spiro atoms. The summed E-state index contributed by atoms with van der Waals surface area (Å²) in [7, 11) is -2.41. The molecule has 0 aromatic carbocycles. The van der Waals surface area contributed by atoms with Gasteiger partial charge in [-0.25, -0.2) is 13.4 Å². The number of anilines is 2. The van der Waals surface area contributed by atoms with E-state index in [0.717, 1.165) is 16.0 Å². The van der Waals surface area contributed by atoms with Crippen molar-refractivity contribution in [1.29, 1.82) is 0 Å². The second kappa shape index (κ2) is 7.35. The van der Waals surface area contributed by atoms with Gasteiger partial charge in [-0.05, 0) is 18.2 Å². The summed E-state index contributed by atoms with van der Waals surface area (Å²) in [5.74, 6) is -1.66. The van der Waals surface area contributed by atoms with E-state index in [4.69, 9.17) is 0 Å². The van der Waals surface area contributed by atoms with Gasteiger partial charge >= 0.3 is 6.18 Å². The number of carbonyl (C=O) groups is 2. The Bertz CT molecular complexity index is 1150. The molecule has 160 valence electrons. The predicted molar refractivity (Wildman–Crippen MR) is 101 cm³/mol. The minimum atomic E-state index is -4.73. The molecule has 0 saturated heterocycles. The standard InChI is InChI=1S/C18H17F3N4O4S/c1-4-30(28,29)13-5-6-15(24(3)10(2)26)23-16(13)25-9-11-8-22-14(18(19,20)21)7-12(11)17(25)27/h5-8H,4,9H2,1-3H3. The highest BCUT2D eigenvalue weighted by Gasteiger charge is 2.38. The Morgan fingerprint density at radius 2 is 1.97 bits per heavy atom. The minimum Gasteiger partial charge on any atom is -0.300 e. The van der Waals surface area contributed by atoms with Gasteiger partial charge in [0.25, 0.3) is 5.91 Å². The maximum absolute atomic E-state index is 13.0. The van der Waals surface area contributed by atoms with Crippen molar-refractivity contribution in [2.75, 3.05) is 22.6 Å². The molecule has 0 fully saturated rings. The van der Waals surface area contributed by atoms with Crippen molar-refractivity contribution in [3.8, 4) is 0 Å². The number of nitrogens with zero attached hydrogens (tertiary/aromatic N) is 4. The number of aromatic nitrogens is 2. The number of halogens is 3. The molecule has 2 aromatic rings. The van der Waals surface area contributed by atoms with E-state index in [1.807, 2.05) is 0 Å². The lowest BCUT2D eigenvalue weighted by atomic mass is 10.1. The zero-order valence-corrected chi connectivity index (χ0v) is 17.0. The first-order valence-corrected chi connectivity index (χ1v) is 10.4. The number of pyridine rings is 2. The summed E-state index contributed by atoms with van der Waals surface area (Å²) >= 11 is 0. The average molecular weight is 442 g/mol. The Morgan fingerprint density at radius 3 is 2.53 bits per heavy atom. The first-order chi connectivity index (χ1) is 13.9.